The first-order chi connectivity index (χ1) is 23.4. The fourth-order valence-electron chi connectivity index (χ4n) is 6.15. The van der Waals surface area contributed by atoms with Gasteiger partial charge in [0.15, 0.2) is 0 Å². The van der Waals surface area contributed by atoms with E-state index in [1.165, 1.54) is 11.3 Å². The number of aromatic nitrogens is 4. The molecule has 262 valence electrons. The number of carbonyl (C=O) groups excluding carboxylic acids is 1. The van der Waals surface area contributed by atoms with E-state index in [4.69, 9.17) is 21.3 Å². The molecule has 0 spiro atoms. The van der Waals surface area contributed by atoms with Crippen molar-refractivity contribution in [2.24, 2.45) is 11.3 Å². The summed E-state index contributed by atoms with van der Waals surface area (Å²) in [7, 11) is 0. The van der Waals surface area contributed by atoms with Crippen LogP contribution in [0.1, 0.15) is 74.3 Å². The molecule has 3 aromatic rings. The normalized spacial score (nSPS) is 21.5. The molecular weight excluding hydrogens is 679 g/mol. The highest BCUT2D eigenvalue weighted by Crippen LogP contribution is 2.59. The Morgan fingerprint density at radius 3 is 2.67 bits per heavy atom. The number of anilines is 2. The highest BCUT2D eigenvalue weighted by atomic mass is 35.5. The largest absolute Gasteiger partial charge is 0.394 e. The SMILES string of the molecule is CC1(C)CC(CCC(Nc2cccc(SNC(=O)c3ccc(N4C=CC(OCCC5(C(F)(F)F)CC5)N4)nc3Cl)n2)c2cncnc2)CN1. The summed E-state index contributed by atoms with van der Waals surface area (Å²) in [6.45, 7) is 5.42. The number of hydrogen-bond donors (Lipinski definition) is 4. The Morgan fingerprint density at radius 2 is 1.98 bits per heavy atom. The first-order valence-electron chi connectivity index (χ1n) is 16.2. The number of hydrazine groups is 1. The molecular formula is C33H39ClF3N9O2S. The van der Waals surface area contributed by atoms with Gasteiger partial charge in [0.2, 0.25) is 0 Å². The molecule has 1 saturated heterocycles. The second-order valence-electron chi connectivity index (χ2n) is 13.3. The number of nitrogens with one attached hydrogen (secondary N) is 4. The van der Waals surface area contributed by atoms with E-state index < -0.39 is 23.7 Å². The van der Waals surface area contributed by atoms with Gasteiger partial charge in [-0.2, -0.15) is 18.6 Å². The smallest absolute Gasteiger partial charge is 0.363 e. The number of halogens is 4. The van der Waals surface area contributed by atoms with Gasteiger partial charge >= 0.3 is 6.18 Å². The van der Waals surface area contributed by atoms with Crippen LogP contribution >= 0.6 is 23.5 Å². The van der Waals surface area contributed by atoms with Crippen LogP contribution in [0.5, 0.6) is 0 Å². The second kappa shape index (κ2) is 14.8. The van der Waals surface area contributed by atoms with Crippen LogP contribution in [0.4, 0.5) is 24.8 Å². The zero-order valence-electron chi connectivity index (χ0n) is 27.1. The van der Waals surface area contributed by atoms with Gasteiger partial charge in [0, 0.05) is 48.3 Å². The van der Waals surface area contributed by atoms with Crippen LogP contribution in [0.25, 0.3) is 0 Å². The van der Waals surface area contributed by atoms with Gasteiger partial charge in [-0.05, 0) is 95.2 Å². The molecule has 49 heavy (non-hydrogen) atoms. The van der Waals surface area contributed by atoms with Gasteiger partial charge < -0.3 is 15.4 Å². The van der Waals surface area contributed by atoms with E-state index in [1.54, 1.807) is 30.5 Å². The molecule has 4 N–H and O–H groups in total. The maximum atomic E-state index is 13.2. The lowest BCUT2D eigenvalue weighted by Gasteiger charge is -2.22. The zero-order valence-corrected chi connectivity index (χ0v) is 28.7. The first kappa shape index (κ1) is 35.3. The molecule has 3 unspecified atom stereocenters. The standard InChI is InChI=1S/C33H39ClF3N9O2S/c1-31(2)16-21(17-40-31)6-8-24(22-18-38-20-39-19-22)41-25-4-3-5-28(42-25)49-45-30(47)23-7-9-26(43-29(23)34)46-14-10-27(44-46)48-15-13-32(11-12-32)33(35,36)37/h3-5,7,9-10,14,18-21,24,27,40,44H,6,8,11-13,15-17H2,1-2H3,(H,41,42)(H,45,47). The lowest BCUT2D eigenvalue weighted by atomic mass is 9.91. The summed E-state index contributed by atoms with van der Waals surface area (Å²) >= 11 is 7.46. The summed E-state index contributed by atoms with van der Waals surface area (Å²) in [5, 5.41) is 9.21. The number of carbonyl (C=O) groups is 1. The molecule has 0 radical (unpaired) electrons. The third kappa shape index (κ3) is 9.00. The molecule has 1 saturated carbocycles. The highest BCUT2D eigenvalue weighted by Gasteiger charge is 2.62. The molecule has 2 fully saturated rings. The molecule has 0 aromatic carbocycles. The Balaban J connectivity index is 1.00. The molecule has 3 aliphatic rings. The number of rotatable bonds is 14. The van der Waals surface area contributed by atoms with Crippen molar-refractivity contribution in [2.45, 2.75) is 81.4 Å². The van der Waals surface area contributed by atoms with Crippen molar-refractivity contribution in [3.63, 3.8) is 0 Å². The Morgan fingerprint density at radius 1 is 1.18 bits per heavy atom. The minimum absolute atomic E-state index is 0.0202. The molecule has 1 amide bonds. The van der Waals surface area contributed by atoms with Gasteiger partial charge in [0.05, 0.1) is 17.0 Å². The fourth-order valence-corrected chi connectivity index (χ4v) is 6.98. The summed E-state index contributed by atoms with van der Waals surface area (Å²) < 4.78 is 47.9. The van der Waals surface area contributed by atoms with E-state index in [9.17, 15) is 18.0 Å². The van der Waals surface area contributed by atoms with Gasteiger partial charge in [-0.25, -0.2) is 19.9 Å². The summed E-state index contributed by atoms with van der Waals surface area (Å²) in [6.07, 6.45) is 6.87. The quantitative estimate of drug-likeness (QED) is 0.106. The van der Waals surface area contributed by atoms with Crippen molar-refractivity contribution >= 4 is 41.1 Å². The summed E-state index contributed by atoms with van der Waals surface area (Å²) in [5.74, 6) is 1.17. The van der Waals surface area contributed by atoms with Crippen LogP contribution in [0.3, 0.4) is 0 Å². The number of amides is 1. The molecule has 16 heteroatoms. The highest BCUT2D eigenvalue weighted by molar-refractivity contribution is 7.97. The summed E-state index contributed by atoms with van der Waals surface area (Å²) in [6, 6.07) is 8.65. The molecule has 1 aliphatic carbocycles. The van der Waals surface area contributed by atoms with Crippen molar-refractivity contribution in [3.8, 4) is 0 Å². The molecule has 6 rings (SSSR count). The summed E-state index contributed by atoms with van der Waals surface area (Å²) in [5.41, 5.74) is 2.68. The average Bonchev–Trinajstić information content (AvgIpc) is 3.60. The van der Waals surface area contributed by atoms with Gasteiger partial charge in [-0.3, -0.25) is 14.5 Å². The van der Waals surface area contributed by atoms with E-state index >= 15 is 0 Å². The van der Waals surface area contributed by atoms with Crippen molar-refractivity contribution in [1.29, 1.82) is 0 Å². The van der Waals surface area contributed by atoms with Crippen LogP contribution < -0.4 is 25.8 Å². The Hall–Kier alpha value is -3.50. The van der Waals surface area contributed by atoms with Gasteiger partial charge in [0.25, 0.3) is 5.91 Å². The van der Waals surface area contributed by atoms with Crippen molar-refractivity contribution in [1.82, 2.24) is 35.4 Å². The van der Waals surface area contributed by atoms with Gasteiger partial charge in [-0.15, -0.1) is 0 Å². The van der Waals surface area contributed by atoms with E-state index in [2.05, 4.69) is 49.6 Å². The van der Waals surface area contributed by atoms with Crippen LogP contribution in [-0.4, -0.2) is 56.9 Å². The molecule has 3 aromatic heterocycles. The third-order valence-electron chi connectivity index (χ3n) is 9.14. The number of pyridine rings is 2. The van der Waals surface area contributed by atoms with Crippen LogP contribution in [0, 0.1) is 11.3 Å². The van der Waals surface area contributed by atoms with Crippen molar-refractivity contribution in [2.75, 3.05) is 23.5 Å². The number of hydrogen-bond acceptors (Lipinski definition) is 11. The number of ether oxygens (including phenoxy) is 1. The maximum Gasteiger partial charge on any atom is 0.394 e. The Bertz CT molecular complexity index is 1650. The minimum atomic E-state index is -4.21. The van der Waals surface area contributed by atoms with E-state index in [-0.39, 0.29) is 48.2 Å². The van der Waals surface area contributed by atoms with Gasteiger partial charge in [-0.1, -0.05) is 17.7 Å². The number of alkyl halides is 3. The minimum Gasteiger partial charge on any atom is -0.363 e. The summed E-state index contributed by atoms with van der Waals surface area (Å²) in [4.78, 5) is 30.5. The molecule has 5 heterocycles. The molecule has 3 atom stereocenters. The lowest BCUT2D eigenvalue weighted by Crippen LogP contribution is -2.38. The number of nitrogens with zero attached hydrogens (tertiary/aromatic N) is 5. The Labute approximate surface area is 292 Å². The van der Waals surface area contributed by atoms with E-state index in [0.29, 0.717) is 22.6 Å². The molecule has 2 aliphatic heterocycles. The van der Waals surface area contributed by atoms with Crippen molar-refractivity contribution < 1.29 is 22.7 Å². The van der Waals surface area contributed by atoms with Crippen molar-refractivity contribution in [3.05, 3.63) is 77.6 Å². The Kier molecular flexibility index (Phi) is 10.7. The molecule has 0 bridgehead atoms. The lowest BCUT2D eigenvalue weighted by molar-refractivity contribution is -0.192. The van der Waals surface area contributed by atoms with Gasteiger partial charge in [0.1, 0.15) is 34.4 Å². The topological polar surface area (TPSA) is 129 Å². The van der Waals surface area contributed by atoms with Crippen LogP contribution in [-0.2, 0) is 4.74 Å². The van der Waals surface area contributed by atoms with E-state index in [0.717, 1.165) is 43.3 Å². The second-order valence-corrected chi connectivity index (χ2v) is 14.5. The predicted molar refractivity (Wildman–Crippen MR) is 181 cm³/mol. The average molecular weight is 718 g/mol. The molecule has 11 nitrogen and oxygen atoms in total. The maximum absolute atomic E-state index is 13.2. The zero-order chi connectivity index (χ0) is 34.6. The predicted octanol–water partition coefficient (Wildman–Crippen LogP) is 6.59. The first-order valence-corrected chi connectivity index (χ1v) is 17.4. The fraction of sp³-hybridized carbons (Fsp3) is 0.485. The van der Waals surface area contributed by atoms with Crippen LogP contribution in [0.2, 0.25) is 5.15 Å². The van der Waals surface area contributed by atoms with Crippen LogP contribution in [0.15, 0.2) is 66.4 Å². The van der Waals surface area contributed by atoms with E-state index in [1.807, 2.05) is 24.5 Å². The third-order valence-corrected chi connectivity index (χ3v) is 10.2. The monoisotopic (exact) mass is 717 g/mol.